The van der Waals surface area contributed by atoms with Crippen LogP contribution in [0.1, 0.15) is 0 Å². The van der Waals surface area contributed by atoms with Gasteiger partial charge in [0.25, 0.3) is 10.0 Å². The summed E-state index contributed by atoms with van der Waals surface area (Å²) < 4.78 is 72.8. The molecule has 0 spiro atoms. The van der Waals surface area contributed by atoms with Crippen molar-refractivity contribution in [3.63, 3.8) is 0 Å². The number of rotatable bonds is 7. The Hall–Kier alpha value is -5.50. The number of nitrogens with zero attached hydrogens (tertiary/aromatic N) is 1. The van der Waals surface area contributed by atoms with Crippen LogP contribution in [-0.4, -0.2) is 8.42 Å². The second kappa shape index (κ2) is 15.2. The van der Waals surface area contributed by atoms with Gasteiger partial charge in [-0.15, -0.1) is 10.2 Å². The zero-order valence-electron chi connectivity index (χ0n) is 27.7. The zero-order chi connectivity index (χ0) is 37.0. The highest BCUT2D eigenvalue weighted by Crippen LogP contribution is 2.47. The van der Waals surface area contributed by atoms with Crippen LogP contribution in [0.3, 0.4) is 0 Å². The van der Waals surface area contributed by atoms with Gasteiger partial charge in [-0.05, 0) is 71.8 Å². The molecule has 1 aliphatic rings. The molecule has 0 amide bonds. The van der Waals surface area contributed by atoms with Crippen LogP contribution in [0.25, 0.3) is 39.3 Å². The van der Waals surface area contributed by atoms with E-state index in [0.717, 1.165) is 54.9 Å². The van der Waals surface area contributed by atoms with Crippen LogP contribution < -0.4 is 32.7 Å². The average molecular weight is 761 g/mol. The predicted octanol–water partition coefficient (Wildman–Crippen LogP) is 5.27. The molecule has 53 heavy (non-hydrogen) atoms. The molecule has 1 aliphatic heterocycles. The lowest BCUT2D eigenvalue weighted by atomic mass is 9.98. The number of fused-ring (bicyclic) bond motifs is 2. The summed E-state index contributed by atoms with van der Waals surface area (Å²) >= 11 is 1.55. The van der Waals surface area contributed by atoms with Gasteiger partial charge < -0.3 is 4.74 Å². The van der Waals surface area contributed by atoms with Crippen molar-refractivity contribution in [3.8, 4) is 50.8 Å². The molecule has 0 atom stereocenters. The Bertz CT molecular complexity index is 2430. The number of sulfonamides is 1. The molecule has 2 heterocycles. The summed E-state index contributed by atoms with van der Waals surface area (Å²) in [5.41, 5.74) is 7.23. The van der Waals surface area contributed by atoms with Crippen LogP contribution in [0.15, 0.2) is 185 Å². The fourth-order valence-electron chi connectivity index (χ4n) is 5.91. The molecule has 1 N–H and O–H groups in total. The largest absolute Gasteiger partial charge is 0.455 e. The molecular weight excluding hydrogens is 732 g/mol. The molecule has 12 heteroatoms. The fraction of sp³-hybridized carbons (Fsp3) is 0. The summed E-state index contributed by atoms with van der Waals surface area (Å²) in [6.45, 7) is 0. The van der Waals surface area contributed by atoms with Crippen LogP contribution >= 0.6 is 11.8 Å². The number of anilines is 1. The molecule has 0 saturated carbocycles. The number of hydrogen-bond acceptors (Lipinski definition) is 8. The summed E-state index contributed by atoms with van der Waals surface area (Å²) in [7, 11) is -8.89. The minimum atomic E-state index is -4.94. The maximum atomic E-state index is 13.9. The number of pyridine rings is 1. The Morgan fingerprint density at radius 1 is 0.528 bits per heavy atom. The zero-order valence-corrected chi connectivity index (χ0v) is 30.1. The Labute approximate surface area is 312 Å². The van der Waals surface area contributed by atoms with Gasteiger partial charge in [-0.1, -0.05) is 96.7 Å². The molecule has 9 nitrogen and oxygen atoms in total. The van der Waals surface area contributed by atoms with Gasteiger partial charge in [0.05, 0.1) is 20.4 Å². The average Bonchev–Trinajstić information content (AvgIpc) is 3.17. The van der Waals surface area contributed by atoms with Crippen LogP contribution in [0.4, 0.5) is 5.69 Å². The van der Waals surface area contributed by atoms with Crippen molar-refractivity contribution < 1.29 is 46.6 Å². The van der Waals surface area contributed by atoms with Crippen LogP contribution in [0, 0.1) is 10.2 Å². The Morgan fingerprint density at radius 2 is 1.06 bits per heavy atom. The predicted molar refractivity (Wildman–Crippen MR) is 192 cm³/mol. The van der Waals surface area contributed by atoms with Gasteiger partial charge in [-0.3, -0.25) is 4.72 Å². The first-order valence-corrected chi connectivity index (χ1v) is 19.7. The highest BCUT2D eigenvalue weighted by Gasteiger charge is 2.27. The summed E-state index contributed by atoms with van der Waals surface area (Å²) in [5, 5.41) is 0. The lowest BCUT2D eigenvalue weighted by Crippen LogP contribution is -2.68. The van der Waals surface area contributed by atoms with Crippen molar-refractivity contribution in [2.24, 2.45) is 0 Å². The molecule has 0 bridgehead atoms. The van der Waals surface area contributed by atoms with Crippen molar-refractivity contribution in [1.29, 1.82) is 0 Å². The van der Waals surface area contributed by atoms with Gasteiger partial charge in [0, 0.05) is 35.4 Å². The lowest BCUT2D eigenvalue weighted by molar-refractivity contribution is -2.00. The Kier molecular flexibility index (Phi) is 10.3. The quantitative estimate of drug-likeness (QED) is 0.216. The van der Waals surface area contributed by atoms with E-state index < -0.39 is 20.3 Å². The first-order chi connectivity index (χ1) is 25.5. The smallest absolute Gasteiger partial charge is 0.262 e. The minimum absolute atomic E-state index is 0.157. The van der Waals surface area contributed by atoms with E-state index in [1.54, 1.807) is 42.1 Å². The second-order valence-electron chi connectivity index (χ2n) is 11.7. The van der Waals surface area contributed by atoms with E-state index in [9.17, 15) is 8.42 Å². The Balaban J connectivity index is 0.000000817. The number of para-hydroxylation sites is 1. The van der Waals surface area contributed by atoms with Crippen LogP contribution in [0.5, 0.6) is 11.5 Å². The molecule has 8 rings (SSSR count). The van der Waals surface area contributed by atoms with Crippen LogP contribution in [0.2, 0.25) is 0 Å². The van der Waals surface area contributed by atoms with Crippen molar-refractivity contribution in [1.82, 2.24) is 0 Å². The first-order valence-electron chi connectivity index (χ1n) is 16.1. The van der Waals surface area contributed by atoms with Crippen LogP contribution in [-0.2, 0) is 10.0 Å². The lowest BCUT2D eigenvalue weighted by Gasteiger charge is -2.20. The summed E-state index contributed by atoms with van der Waals surface area (Å²) in [6.07, 6.45) is 0. The minimum Gasteiger partial charge on any atom is -0.455 e. The van der Waals surface area contributed by atoms with Gasteiger partial charge in [0.1, 0.15) is 11.5 Å². The number of nitrogens with one attached hydrogen (secondary N) is 1. The molecule has 0 unspecified atom stereocenters. The second-order valence-corrected chi connectivity index (χ2v) is 15.3. The Morgan fingerprint density at radius 3 is 1.66 bits per heavy atom. The van der Waals surface area contributed by atoms with E-state index in [1.807, 2.05) is 91.0 Å². The van der Waals surface area contributed by atoms with Gasteiger partial charge >= 0.3 is 0 Å². The SMILES string of the molecule is O=S(=O)(Nc1ccc2c(c1)Sc1ccccc1O2)c1cccc(-[n+]2c(-c3ccccc3)cc(-c3ccccc3)cc2-c2ccccc2)c1.[O-][Cl+3]([O-])([O-])[O-]. The summed E-state index contributed by atoms with van der Waals surface area (Å²) in [6, 6.07) is 55.2. The normalized spacial score (nSPS) is 12.0. The molecule has 264 valence electrons. The summed E-state index contributed by atoms with van der Waals surface area (Å²) in [4.78, 5) is 1.98. The molecule has 1 aromatic heterocycles. The number of ether oxygens (including phenoxy) is 1. The van der Waals surface area contributed by atoms with E-state index in [4.69, 9.17) is 23.4 Å². The molecule has 0 radical (unpaired) electrons. The maximum absolute atomic E-state index is 13.9. The maximum Gasteiger partial charge on any atom is 0.262 e. The molecule has 0 saturated heterocycles. The monoisotopic (exact) mass is 760 g/mol. The third kappa shape index (κ3) is 8.60. The van der Waals surface area contributed by atoms with Gasteiger partial charge in [-0.2, -0.15) is 4.57 Å². The number of aromatic nitrogens is 1. The molecule has 0 aliphatic carbocycles. The van der Waals surface area contributed by atoms with E-state index in [-0.39, 0.29) is 4.90 Å². The fourth-order valence-corrected chi connectivity index (χ4v) is 7.99. The standard InChI is InChI=1S/C41H29N2O3S2.ClHO4/c44-48(45,42-33-23-24-39-41(27-33)47-40-22-11-10-21-38(40)46-39)35-20-12-19-34(28-35)43-36(30-15-6-2-7-16-30)25-32(29-13-4-1-5-14-29)26-37(43)31-17-8-3-9-18-31;2-1(3,4)5/h1-28,42H;(H,2,3,4,5)/q+1;/p-1. The number of benzene rings is 6. The molecule has 6 aromatic carbocycles. The van der Waals surface area contributed by atoms with Gasteiger partial charge in [0.2, 0.25) is 17.1 Å². The van der Waals surface area contributed by atoms with Gasteiger partial charge in [-0.25, -0.2) is 27.1 Å². The highest BCUT2D eigenvalue weighted by molar-refractivity contribution is 7.99. The van der Waals surface area contributed by atoms with Gasteiger partial charge in [0.15, 0.2) is 0 Å². The van der Waals surface area contributed by atoms with Crippen molar-refractivity contribution in [2.75, 3.05) is 4.72 Å². The van der Waals surface area contributed by atoms with E-state index in [2.05, 4.69) is 57.8 Å². The van der Waals surface area contributed by atoms with E-state index in [0.29, 0.717) is 11.4 Å². The molecular formula is C41H29ClN2O7S2. The highest BCUT2D eigenvalue weighted by atomic mass is 35.7. The molecule has 7 aromatic rings. The van der Waals surface area contributed by atoms with Crippen molar-refractivity contribution >= 4 is 27.5 Å². The first kappa shape index (κ1) is 35.9. The number of halogens is 1. The third-order valence-corrected chi connectivity index (χ3v) is 10.7. The number of hydrogen-bond donors (Lipinski definition) is 1. The van der Waals surface area contributed by atoms with Crippen molar-refractivity contribution in [2.45, 2.75) is 14.7 Å². The van der Waals surface area contributed by atoms with Crippen molar-refractivity contribution in [3.05, 3.63) is 170 Å². The van der Waals surface area contributed by atoms with E-state index in [1.165, 1.54) is 0 Å². The summed E-state index contributed by atoms with van der Waals surface area (Å²) in [5.74, 6) is 1.49. The molecule has 0 fully saturated rings. The topological polar surface area (TPSA) is 152 Å². The third-order valence-electron chi connectivity index (χ3n) is 8.18. The van der Waals surface area contributed by atoms with E-state index >= 15 is 0 Å².